The predicted molar refractivity (Wildman–Crippen MR) is 61.7 cm³/mol. The lowest BCUT2D eigenvalue weighted by Gasteiger charge is -2.02. The molecular formula is C11H11N3O3. The maximum Gasteiger partial charge on any atom is 0.287 e. The van der Waals surface area contributed by atoms with E-state index in [0.29, 0.717) is 12.4 Å². The van der Waals surface area contributed by atoms with Gasteiger partial charge in [0.15, 0.2) is 0 Å². The summed E-state index contributed by atoms with van der Waals surface area (Å²) in [6, 6.07) is 6.71. The van der Waals surface area contributed by atoms with Crippen molar-refractivity contribution in [2.45, 2.75) is 13.5 Å². The van der Waals surface area contributed by atoms with Crippen molar-refractivity contribution in [2.24, 2.45) is 0 Å². The Bertz CT molecular complexity index is 519. The monoisotopic (exact) mass is 233 g/mol. The molecule has 17 heavy (non-hydrogen) atoms. The Balaban J connectivity index is 1.97. The van der Waals surface area contributed by atoms with Crippen LogP contribution in [-0.2, 0) is 6.54 Å². The smallest absolute Gasteiger partial charge is 0.287 e. The molecule has 1 N–H and O–H groups in total. The molecule has 0 bridgehead atoms. The van der Waals surface area contributed by atoms with Gasteiger partial charge >= 0.3 is 0 Å². The largest absolute Gasteiger partial charge is 0.465 e. The van der Waals surface area contributed by atoms with E-state index in [-0.39, 0.29) is 5.69 Å². The molecule has 0 aliphatic heterocycles. The number of nitrogens with one attached hydrogen (secondary N) is 1. The van der Waals surface area contributed by atoms with Crippen molar-refractivity contribution in [3.8, 4) is 0 Å². The highest BCUT2D eigenvalue weighted by Crippen LogP contribution is 2.13. The number of pyridine rings is 1. The highest BCUT2D eigenvalue weighted by molar-refractivity contribution is 5.40. The van der Waals surface area contributed by atoms with Gasteiger partial charge in [-0.25, -0.2) is 4.98 Å². The molecule has 2 rings (SSSR count). The molecule has 0 unspecified atom stereocenters. The second-order valence-electron chi connectivity index (χ2n) is 3.52. The van der Waals surface area contributed by atoms with Crippen LogP contribution >= 0.6 is 0 Å². The van der Waals surface area contributed by atoms with Crippen LogP contribution in [0.1, 0.15) is 11.5 Å². The van der Waals surface area contributed by atoms with Gasteiger partial charge in [0, 0.05) is 6.07 Å². The standard InChI is InChI=1S/C11H11N3O3/c1-8-2-4-10(17-8)7-13-11-5-3-9(6-12-11)14(15)16/h2-6H,7H2,1H3,(H,12,13). The van der Waals surface area contributed by atoms with Crippen LogP contribution in [0.25, 0.3) is 0 Å². The van der Waals surface area contributed by atoms with Crippen LogP contribution in [0.5, 0.6) is 0 Å². The van der Waals surface area contributed by atoms with Crippen LogP contribution in [0, 0.1) is 17.0 Å². The third kappa shape index (κ3) is 2.81. The van der Waals surface area contributed by atoms with Crippen LogP contribution < -0.4 is 5.32 Å². The Morgan fingerprint density at radius 3 is 2.76 bits per heavy atom. The summed E-state index contributed by atoms with van der Waals surface area (Å²) in [5, 5.41) is 13.4. The van der Waals surface area contributed by atoms with Crippen LogP contribution in [-0.4, -0.2) is 9.91 Å². The maximum atomic E-state index is 10.4. The van der Waals surface area contributed by atoms with Gasteiger partial charge in [-0.2, -0.15) is 0 Å². The fraction of sp³-hybridized carbons (Fsp3) is 0.182. The van der Waals surface area contributed by atoms with E-state index in [1.165, 1.54) is 12.3 Å². The Labute approximate surface area is 97.4 Å². The molecule has 0 aliphatic carbocycles. The van der Waals surface area contributed by atoms with E-state index in [9.17, 15) is 10.1 Å². The molecule has 2 heterocycles. The van der Waals surface area contributed by atoms with Gasteiger partial charge in [-0.05, 0) is 25.1 Å². The number of hydrogen-bond donors (Lipinski definition) is 1. The zero-order chi connectivity index (χ0) is 12.3. The van der Waals surface area contributed by atoms with Crippen molar-refractivity contribution in [1.29, 1.82) is 0 Å². The van der Waals surface area contributed by atoms with E-state index < -0.39 is 4.92 Å². The molecule has 0 aliphatic rings. The summed E-state index contributed by atoms with van der Waals surface area (Å²) in [5.74, 6) is 2.21. The topological polar surface area (TPSA) is 81.2 Å². The van der Waals surface area contributed by atoms with Gasteiger partial charge in [-0.3, -0.25) is 10.1 Å². The first-order valence-electron chi connectivity index (χ1n) is 5.05. The number of anilines is 1. The first-order valence-corrected chi connectivity index (χ1v) is 5.05. The third-order valence-electron chi connectivity index (χ3n) is 2.20. The molecule has 0 saturated heterocycles. The molecule has 0 aromatic carbocycles. The molecule has 6 nitrogen and oxygen atoms in total. The van der Waals surface area contributed by atoms with Crippen molar-refractivity contribution in [3.05, 3.63) is 52.1 Å². The molecule has 88 valence electrons. The van der Waals surface area contributed by atoms with E-state index in [1.807, 2.05) is 19.1 Å². The Hall–Kier alpha value is -2.37. The van der Waals surface area contributed by atoms with E-state index in [1.54, 1.807) is 6.07 Å². The van der Waals surface area contributed by atoms with Crippen molar-refractivity contribution >= 4 is 11.5 Å². The summed E-state index contributed by atoms with van der Waals surface area (Å²) in [5.41, 5.74) is -0.0237. The summed E-state index contributed by atoms with van der Waals surface area (Å²) < 4.78 is 5.37. The summed E-state index contributed by atoms with van der Waals surface area (Å²) in [7, 11) is 0. The van der Waals surface area contributed by atoms with Crippen molar-refractivity contribution in [3.63, 3.8) is 0 Å². The lowest BCUT2D eigenvalue weighted by molar-refractivity contribution is -0.385. The van der Waals surface area contributed by atoms with E-state index >= 15 is 0 Å². The summed E-state index contributed by atoms with van der Waals surface area (Å²) >= 11 is 0. The number of hydrogen-bond acceptors (Lipinski definition) is 5. The minimum Gasteiger partial charge on any atom is -0.465 e. The van der Waals surface area contributed by atoms with E-state index in [4.69, 9.17) is 4.42 Å². The van der Waals surface area contributed by atoms with Crippen LogP contribution in [0.3, 0.4) is 0 Å². The lowest BCUT2D eigenvalue weighted by Crippen LogP contribution is -2.00. The zero-order valence-corrected chi connectivity index (χ0v) is 9.21. The van der Waals surface area contributed by atoms with Crippen molar-refractivity contribution < 1.29 is 9.34 Å². The van der Waals surface area contributed by atoms with Crippen LogP contribution in [0.2, 0.25) is 0 Å². The number of nitro groups is 1. The highest BCUT2D eigenvalue weighted by atomic mass is 16.6. The Morgan fingerprint density at radius 2 is 2.24 bits per heavy atom. The fourth-order valence-electron chi connectivity index (χ4n) is 1.36. The minimum atomic E-state index is -0.479. The second kappa shape index (κ2) is 4.65. The van der Waals surface area contributed by atoms with Gasteiger partial charge in [-0.1, -0.05) is 0 Å². The molecule has 0 spiro atoms. The highest BCUT2D eigenvalue weighted by Gasteiger charge is 2.05. The first-order chi connectivity index (χ1) is 8.15. The van der Waals surface area contributed by atoms with Gasteiger partial charge in [-0.15, -0.1) is 0 Å². The van der Waals surface area contributed by atoms with Crippen molar-refractivity contribution in [2.75, 3.05) is 5.32 Å². The van der Waals surface area contributed by atoms with Gasteiger partial charge in [0.05, 0.1) is 11.5 Å². The van der Waals surface area contributed by atoms with Gasteiger partial charge in [0.2, 0.25) is 0 Å². The molecule has 2 aromatic rings. The Morgan fingerprint density at radius 1 is 1.41 bits per heavy atom. The average molecular weight is 233 g/mol. The first kappa shape index (κ1) is 11.1. The number of aromatic nitrogens is 1. The van der Waals surface area contributed by atoms with E-state index in [2.05, 4.69) is 10.3 Å². The molecule has 0 radical (unpaired) electrons. The summed E-state index contributed by atoms with van der Waals surface area (Å²) in [4.78, 5) is 13.9. The molecule has 2 aromatic heterocycles. The normalized spacial score (nSPS) is 10.2. The average Bonchev–Trinajstić information content (AvgIpc) is 2.73. The zero-order valence-electron chi connectivity index (χ0n) is 9.21. The predicted octanol–water partition coefficient (Wildman–Crippen LogP) is 2.50. The van der Waals surface area contributed by atoms with E-state index in [0.717, 1.165) is 11.5 Å². The summed E-state index contributed by atoms with van der Waals surface area (Å²) in [6.45, 7) is 2.37. The SMILES string of the molecule is Cc1ccc(CNc2ccc([N+](=O)[O-])cn2)o1. The number of nitrogens with zero attached hydrogens (tertiary/aromatic N) is 2. The molecule has 0 amide bonds. The van der Waals surface area contributed by atoms with Gasteiger partial charge < -0.3 is 9.73 Å². The molecular weight excluding hydrogens is 222 g/mol. The van der Waals surface area contributed by atoms with Crippen molar-refractivity contribution in [1.82, 2.24) is 4.98 Å². The van der Waals surface area contributed by atoms with Crippen LogP contribution in [0.15, 0.2) is 34.9 Å². The van der Waals surface area contributed by atoms with Gasteiger partial charge in [0.25, 0.3) is 5.69 Å². The van der Waals surface area contributed by atoms with Crippen LogP contribution in [0.4, 0.5) is 11.5 Å². The maximum absolute atomic E-state index is 10.4. The summed E-state index contributed by atoms with van der Waals surface area (Å²) in [6.07, 6.45) is 1.22. The lowest BCUT2D eigenvalue weighted by atomic mass is 10.4. The minimum absolute atomic E-state index is 0.0237. The quantitative estimate of drug-likeness (QED) is 0.648. The fourth-order valence-corrected chi connectivity index (χ4v) is 1.36. The number of rotatable bonds is 4. The number of aryl methyl sites for hydroxylation is 1. The molecule has 0 fully saturated rings. The van der Waals surface area contributed by atoms with Gasteiger partial charge in [0.1, 0.15) is 23.5 Å². The number of furan rings is 1. The molecule has 0 atom stereocenters. The molecule has 6 heteroatoms. The molecule has 0 saturated carbocycles. The Kier molecular flexibility index (Phi) is 3.04. The second-order valence-corrected chi connectivity index (χ2v) is 3.52. The third-order valence-corrected chi connectivity index (χ3v) is 2.20.